The van der Waals surface area contributed by atoms with Gasteiger partial charge < -0.3 is 104 Å². The Kier molecular flexibility index (Phi) is 31.1. The van der Waals surface area contributed by atoms with E-state index in [0.29, 0.717) is 12.8 Å². The average molecular weight is 1870 g/mol. The average Bonchev–Trinajstić information content (AvgIpc) is 1.53. The first kappa shape index (κ1) is 103. The molecule has 5 aromatic heterocycles. The van der Waals surface area contributed by atoms with Crippen LogP contribution in [-0.2, 0) is 61.6 Å². The van der Waals surface area contributed by atoms with Crippen molar-refractivity contribution in [2.24, 2.45) is 0 Å². The first-order valence-electron chi connectivity index (χ1n) is 40.4. The van der Waals surface area contributed by atoms with Gasteiger partial charge in [0, 0.05) is 94.5 Å². The van der Waals surface area contributed by atoms with Gasteiger partial charge in [-0.3, -0.25) is 42.4 Å². The Bertz CT molecular complexity index is 4740. The number of rotatable bonds is 15. The fraction of sp³-hybridized carbons (Fsp3) is 0.756. The van der Waals surface area contributed by atoms with E-state index in [0.717, 1.165) is 107 Å². The zero-order valence-corrected chi connectivity index (χ0v) is 71.3. The van der Waals surface area contributed by atoms with Gasteiger partial charge in [-0.1, -0.05) is 51.0 Å². The highest BCUT2D eigenvalue weighted by molar-refractivity contribution is 6.19. The molecule has 125 heavy (non-hydrogen) atoms. The van der Waals surface area contributed by atoms with Crippen LogP contribution in [0.25, 0.3) is 0 Å². The second-order valence-corrected chi connectivity index (χ2v) is 35.8. The Balaban J connectivity index is 0.000000176. The van der Waals surface area contributed by atoms with Crippen LogP contribution in [0.2, 0.25) is 0 Å². The van der Waals surface area contributed by atoms with Crippen molar-refractivity contribution < 1.29 is 87.1 Å². The summed E-state index contributed by atoms with van der Waals surface area (Å²) in [6, 6.07) is 6.99. The van der Waals surface area contributed by atoms with Crippen LogP contribution in [0.4, 0.5) is 17.5 Å². The van der Waals surface area contributed by atoms with Crippen LogP contribution in [-0.4, -0.2) is 232 Å². The van der Waals surface area contributed by atoms with Gasteiger partial charge in [-0.25, -0.2) is 24.0 Å². The van der Waals surface area contributed by atoms with E-state index in [1.54, 1.807) is 19.2 Å². The summed E-state index contributed by atoms with van der Waals surface area (Å²) in [5.74, 6) is -2.11. The molecule has 43 heteroatoms. The zero-order chi connectivity index (χ0) is 86.6. The first-order chi connectivity index (χ1) is 56.8. The minimum atomic E-state index is -1.83. The van der Waals surface area contributed by atoms with E-state index in [-0.39, 0.29) is 109 Å². The lowest BCUT2D eigenvalue weighted by atomic mass is 9.87. The predicted molar refractivity (Wildman–Crippen MR) is 464 cm³/mol. The van der Waals surface area contributed by atoms with Gasteiger partial charge in [-0.05, 0) is 117 Å². The van der Waals surface area contributed by atoms with Crippen LogP contribution in [0, 0.1) is 0 Å². The minimum Gasteiger partial charge on any atom is -0.393 e. The maximum Gasteiger partial charge on any atom is 0.351 e. The number of ether oxygens (including phenoxy) is 13. The molecule has 4 aliphatic carbocycles. The van der Waals surface area contributed by atoms with Gasteiger partial charge in [0.2, 0.25) is 0 Å². The normalized spacial score (nSPS) is 37.3. The molecule has 0 bridgehead atoms. The van der Waals surface area contributed by atoms with Gasteiger partial charge in [-0.2, -0.15) is 15.0 Å². The summed E-state index contributed by atoms with van der Waals surface area (Å²) in [6.07, 6.45) is 15.3. The van der Waals surface area contributed by atoms with Crippen molar-refractivity contribution in [3.05, 3.63) is 134 Å². The standard InChI is InChI=1S/C17H24ClN3O4.C17H23ClN2O5.C16H22ClN3O5.C16H21ClN2O6.C11H16ClN3O5.5CH4/c1-3-16(10-18)12-15(2,25-17(23-12)7-4-5-8-17)13(24-16)21-9-6-11(19)20-14(21)22;1-3-16(10-18)12-15(2,25-17(23-12)7-4-5-8-17)13(24-16)20-9-6-11(21)19-14(20)22;1-14-11(23-16(25-14)5-2-3-6-16)15(8-17,9-21)24-12(14)20-7-4-10(18)19-13(20)22;1-14-11(23-16(25-14)5-2-3-6-16)15(8-17,9-20)24-12(14)19-7-4-10(21)18-13(19)22;1-10(19)7(17)11(4-12,5-16)20-8(10)15-3-2-6(13)14-9(15)18;;;;;/h6,9,12-13H,3-5,7-8,10H2,1-2H3,(H2,19,20,22);6,9,12-13H,3-5,7-8,10H2,1-2H3,(H,19,21,22);4,7,11-12,21H,2-3,5-6,8-9H2,1H3,(H2,18,19,22);4,7,11-12,20H,2-3,5-6,8-9H2,1H3,(H,18,21,22);2-3,7-8,16-17,19H,4-5H2,1H3,(H2,13,14,18);5*1H4/t2*12-,13+,15+,16-;2*11-,12+,14+,15+;7-,8+,10+,11+;;;;;/m00000...../s1. The third-order valence-electron chi connectivity index (χ3n) is 26.3. The summed E-state index contributed by atoms with van der Waals surface area (Å²) in [4.78, 5) is 99.7. The molecule has 9 saturated heterocycles. The van der Waals surface area contributed by atoms with Gasteiger partial charge in [0.25, 0.3) is 11.1 Å². The third kappa shape index (κ3) is 17.2. The third-order valence-corrected chi connectivity index (χ3v) is 28.6. The lowest BCUT2D eigenvalue weighted by Gasteiger charge is -2.33. The molecule has 14 heterocycles. The molecule has 0 unspecified atom stereocenters. The van der Waals surface area contributed by atoms with Gasteiger partial charge in [0.1, 0.15) is 104 Å². The Labute approximate surface area is 749 Å². The van der Waals surface area contributed by atoms with Crippen molar-refractivity contribution in [2.45, 2.75) is 342 Å². The molecular formula is C82H126Cl5N13O25. The molecule has 0 aromatic carbocycles. The number of alkyl halides is 5. The SMILES string of the molecule is C.C.C.C.C.CC[C@@]1(CCl)O[C@@H](n2ccc(=O)[nH]c2=O)[C@]2(C)OC3(CCCC3)O[C@H]12.CC[C@@]1(CCl)O[C@@H](n2ccc(N)nc2=O)[C@]2(C)OC3(CCCC3)O[C@H]12.C[C@@]1(O)[C@H](O)[C@](CO)(CCl)O[C@H]1n1ccc(N)nc1=O.C[C@@]12OC3(CCCC3)O[C@@H]1[C@](CO)(CCl)O[C@H]2n1ccc(=O)[nH]c1=O.C[C@@]12OC3(CCCC3)O[C@@H]1[C@](CO)(CCl)O[C@H]2n1ccc(N)nc1=O. The van der Waals surface area contributed by atoms with Crippen molar-refractivity contribution >= 4 is 75.5 Å². The van der Waals surface area contributed by atoms with Gasteiger partial charge in [-0.15, -0.1) is 58.0 Å². The molecule has 704 valence electrons. The van der Waals surface area contributed by atoms with Gasteiger partial charge in [0.05, 0.1) is 49.2 Å². The second-order valence-electron chi connectivity index (χ2n) is 34.4. The largest absolute Gasteiger partial charge is 0.393 e. The number of aliphatic hydroxyl groups is 5. The molecule has 4 saturated carbocycles. The summed E-state index contributed by atoms with van der Waals surface area (Å²) in [5, 5.41) is 50.0. The van der Waals surface area contributed by atoms with Gasteiger partial charge in [0.15, 0.2) is 54.3 Å². The molecule has 0 radical (unpaired) electrons. The van der Waals surface area contributed by atoms with Crippen LogP contribution in [0.3, 0.4) is 0 Å². The molecule has 38 nitrogen and oxygen atoms in total. The number of nitrogens with two attached hydrogens (primary N) is 3. The fourth-order valence-corrected chi connectivity index (χ4v) is 21.8. The number of halogens is 5. The summed E-state index contributed by atoms with van der Waals surface area (Å²) < 4.78 is 87.8. The molecule has 20 atom stereocenters. The Hall–Kier alpha value is -5.87. The maximum absolute atomic E-state index is 12.4. The quantitative estimate of drug-likeness (QED) is 0.0474. The smallest absolute Gasteiger partial charge is 0.351 e. The van der Waals surface area contributed by atoms with E-state index in [1.165, 1.54) is 74.2 Å². The van der Waals surface area contributed by atoms with Crippen LogP contribution in [0.1, 0.15) is 232 Å². The van der Waals surface area contributed by atoms with Crippen LogP contribution >= 0.6 is 58.0 Å². The zero-order valence-electron chi connectivity index (χ0n) is 67.5. The number of H-pyrrole nitrogens is 2. The highest BCUT2D eigenvalue weighted by atomic mass is 35.5. The van der Waals surface area contributed by atoms with E-state index in [1.807, 2.05) is 34.6 Å². The van der Waals surface area contributed by atoms with Crippen LogP contribution in [0.15, 0.2) is 94.9 Å². The number of hydrogen-bond donors (Lipinski definition) is 10. The van der Waals surface area contributed by atoms with Crippen molar-refractivity contribution in [1.29, 1.82) is 0 Å². The number of fused-ring (bicyclic) bond motifs is 4. The summed E-state index contributed by atoms with van der Waals surface area (Å²) in [5.41, 5.74) is 1.84. The summed E-state index contributed by atoms with van der Waals surface area (Å²) in [6.45, 7) is 11.5. The van der Waals surface area contributed by atoms with Crippen molar-refractivity contribution in [3.8, 4) is 0 Å². The van der Waals surface area contributed by atoms with Crippen LogP contribution in [0.5, 0.6) is 0 Å². The number of nitrogens with one attached hydrogen (secondary N) is 2. The predicted octanol–water partition coefficient (Wildman–Crippen LogP) is 6.95. The van der Waals surface area contributed by atoms with E-state index >= 15 is 0 Å². The molecule has 4 spiro atoms. The fourth-order valence-electron chi connectivity index (χ4n) is 20.1. The number of nitrogens with zero attached hydrogens (tertiary/aromatic N) is 8. The molecule has 0 amide bonds. The molecule has 5 aromatic rings. The Morgan fingerprint density at radius 2 is 0.608 bits per heavy atom. The molecule has 9 aliphatic heterocycles. The first-order valence-corrected chi connectivity index (χ1v) is 43.1. The maximum atomic E-state index is 12.4. The van der Waals surface area contributed by atoms with Gasteiger partial charge >= 0.3 is 28.4 Å². The van der Waals surface area contributed by atoms with Crippen molar-refractivity contribution in [3.63, 3.8) is 0 Å². The number of hydrogen-bond acceptors (Lipinski definition) is 31. The lowest BCUT2D eigenvalue weighted by Crippen LogP contribution is -2.52. The van der Waals surface area contributed by atoms with Crippen molar-refractivity contribution in [2.75, 3.05) is 66.4 Å². The second kappa shape index (κ2) is 37.8. The Morgan fingerprint density at radius 1 is 0.376 bits per heavy atom. The lowest BCUT2D eigenvalue weighted by molar-refractivity contribution is -0.248. The van der Waals surface area contributed by atoms with E-state index in [4.69, 9.17) is 137 Å². The number of aliphatic hydroxyl groups excluding tert-OH is 4. The number of aromatic amines is 2. The topological polar surface area (TPSA) is 514 Å². The molecule has 13 fully saturated rings. The number of aromatic nitrogens is 10. The highest BCUT2D eigenvalue weighted by Crippen LogP contribution is 2.64. The molecule has 18 rings (SSSR count). The molecular weight excluding hydrogens is 1740 g/mol. The highest BCUT2D eigenvalue weighted by Gasteiger charge is 2.76. The van der Waals surface area contributed by atoms with Crippen molar-refractivity contribution in [1.82, 2.24) is 47.8 Å². The summed E-state index contributed by atoms with van der Waals surface area (Å²) in [7, 11) is 0. The van der Waals surface area contributed by atoms with E-state index in [9.17, 15) is 59.1 Å². The van der Waals surface area contributed by atoms with E-state index in [2.05, 4.69) is 24.9 Å². The Morgan fingerprint density at radius 3 is 0.840 bits per heavy atom. The van der Waals surface area contributed by atoms with E-state index < -0.39 is 175 Å². The number of anilines is 3. The monoisotopic (exact) mass is 1870 g/mol. The molecule has 13 N–H and O–H groups in total. The van der Waals surface area contributed by atoms with Crippen LogP contribution < -0.4 is 56.8 Å². The molecule has 13 aliphatic rings. The summed E-state index contributed by atoms with van der Waals surface area (Å²) >= 11 is 30.7. The number of nitrogen functional groups attached to an aromatic ring is 3. The minimum absolute atomic E-state index is 0.